The van der Waals surface area contributed by atoms with Crippen LogP contribution in [-0.2, 0) is 0 Å². The molecule has 124 valence electrons. The molecule has 2 aromatic carbocycles. The van der Waals surface area contributed by atoms with Crippen LogP contribution in [0.15, 0.2) is 55.0 Å². The lowest BCUT2D eigenvalue weighted by molar-refractivity contribution is 0.356. The van der Waals surface area contributed by atoms with E-state index in [9.17, 15) is 0 Å². The zero-order valence-corrected chi connectivity index (χ0v) is 13.9. The van der Waals surface area contributed by atoms with Crippen molar-refractivity contribution in [1.29, 1.82) is 0 Å². The van der Waals surface area contributed by atoms with Crippen LogP contribution in [0.1, 0.15) is 0 Å². The minimum Gasteiger partial charge on any atom is -0.493 e. The number of nitrogens with one attached hydrogen (secondary N) is 1. The molecule has 2 heterocycles. The van der Waals surface area contributed by atoms with Crippen molar-refractivity contribution >= 4 is 33.3 Å². The molecule has 0 radical (unpaired) electrons. The van der Waals surface area contributed by atoms with Crippen molar-refractivity contribution in [1.82, 2.24) is 15.0 Å². The first-order chi connectivity index (χ1) is 12.3. The van der Waals surface area contributed by atoms with Gasteiger partial charge < -0.3 is 14.8 Å². The summed E-state index contributed by atoms with van der Waals surface area (Å²) in [5.74, 6) is 2.66. The lowest BCUT2D eigenvalue weighted by atomic mass is 10.1. The number of ether oxygens (including phenoxy) is 2. The number of methoxy groups -OCH3 is 2. The van der Waals surface area contributed by atoms with Gasteiger partial charge in [-0.15, -0.1) is 0 Å². The molecule has 0 unspecified atom stereocenters. The Kier molecular flexibility index (Phi) is 3.78. The van der Waals surface area contributed by atoms with Crippen LogP contribution in [-0.4, -0.2) is 29.2 Å². The fraction of sp³-hybridized carbons (Fsp3) is 0.105. The number of anilines is 2. The van der Waals surface area contributed by atoms with Crippen molar-refractivity contribution in [3.8, 4) is 11.5 Å². The second kappa shape index (κ2) is 6.24. The van der Waals surface area contributed by atoms with Gasteiger partial charge in [-0.1, -0.05) is 24.3 Å². The van der Waals surface area contributed by atoms with E-state index in [0.717, 1.165) is 27.5 Å². The van der Waals surface area contributed by atoms with Crippen molar-refractivity contribution in [3.05, 3.63) is 55.0 Å². The van der Waals surface area contributed by atoms with Gasteiger partial charge >= 0.3 is 0 Å². The van der Waals surface area contributed by atoms with Crippen LogP contribution in [0.2, 0.25) is 0 Å². The highest BCUT2D eigenvalue weighted by Gasteiger charge is 2.12. The molecule has 4 rings (SSSR count). The number of hydrogen-bond acceptors (Lipinski definition) is 6. The molecule has 0 fully saturated rings. The fourth-order valence-electron chi connectivity index (χ4n) is 2.81. The van der Waals surface area contributed by atoms with Gasteiger partial charge in [0.05, 0.1) is 19.7 Å². The molecule has 0 bridgehead atoms. The molecule has 0 saturated heterocycles. The maximum absolute atomic E-state index is 5.40. The zero-order chi connectivity index (χ0) is 17.2. The van der Waals surface area contributed by atoms with Crippen molar-refractivity contribution < 1.29 is 9.47 Å². The van der Waals surface area contributed by atoms with Crippen LogP contribution in [0.5, 0.6) is 11.5 Å². The van der Waals surface area contributed by atoms with Crippen molar-refractivity contribution in [2.24, 2.45) is 0 Å². The van der Waals surface area contributed by atoms with Crippen LogP contribution < -0.4 is 14.8 Å². The third kappa shape index (κ3) is 2.67. The molecule has 0 spiro atoms. The van der Waals surface area contributed by atoms with Gasteiger partial charge in [-0.2, -0.15) is 0 Å². The largest absolute Gasteiger partial charge is 0.493 e. The van der Waals surface area contributed by atoms with E-state index >= 15 is 0 Å². The second-order valence-electron chi connectivity index (χ2n) is 5.45. The van der Waals surface area contributed by atoms with Crippen molar-refractivity contribution in [3.63, 3.8) is 0 Å². The van der Waals surface area contributed by atoms with Gasteiger partial charge in [-0.3, -0.25) is 0 Å². The maximum atomic E-state index is 5.40. The van der Waals surface area contributed by atoms with E-state index in [1.807, 2.05) is 42.5 Å². The first kappa shape index (κ1) is 15.1. The predicted molar refractivity (Wildman–Crippen MR) is 97.7 cm³/mol. The summed E-state index contributed by atoms with van der Waals surface area (Å²) in [4.78, 5) is 13.2. The number of nitrogens with zero attached hydrogens (tertiary/aromatic N) is 3. The Labute approximate surface area is 144 Å². The van der Waals surface area contributed by atoms with E-state index in [2.05, 4.69) is 20.3 Å². The molecular formula is C19H16N4O2. The van der Waals surface area contributed by atoms with Gasteiger partial charge in [0.25, 0.3) is 0 Å². The van der Waals surface area contributed by atoms with Crippen LogP contribution in [0.4, 0.5) is 11.6 Å². The maximum Gasteiger partial charge on any atom is 0.162 e. The Bertz CT molecular complexity index is 1060. The SMILES string of the molecule is COc1cc2ncnc(Nc3nccc4ccccc34)c2cc1OC. The van der Waals surface area contributed by atoms with Gasteiger partial charge in [0.1, 0.15) is 18.0 Å². The molecule has 25 heavy (non-hydrogen) atoms. The van der Waals surface area contributed by atoms with Gasteiger partial charge in [0.2, 0.25) is 0 Å². The Morgan fingerprint density at radius 3 is 2.40 bits per heavy atom. The lowest BCUT2D eigenvalue weighted by Crippen LogP contribution is -1.99. The Balaban J connectivity index is 1.86. The average Bonchev–Trinajstić information content (AvgIpc) is 2.67. The molecular weight excluding hydrogens is 316 g/mol. The van der Waals surface area contributed by atoms with E-state index < -0.39 is 0 Å². The molecule has 0 aliphatic heterocycles. The summed E-state index contributed by atoms with van der Waals surface area (Å²) in [5, 5.41) is 6.28. The van der Waals surface area contributed by atoms with E-state index in [1.54, 1.807) is 20.4 Å². The Hall–Kier alpha value is -3.41. The van der Waals surface area contributed by atoms with E-state index in [1.165, 1.54) is 6.33 Å². The van der Waals surface area contributed by atoms with Crippen molar-refractivity contribution in [2.45, 2.75) is 0 Å². The van der Waals surface area contributed by atoms with Crippen LogP contribution >= 0.6 is 0 Å². The average molecular weight is 332 g/mol. The molecule has 0 saturated carbocycles. The summed E-state index contributed by atoms with van der Waals surface area (Å²) in [6.07, 6.45) is 3.29. The number of rotatable bonds is 4. The molecule has 0 amide bonds. The van der Waals surface area contributed by atoms with E-state index in [-0.39, 0.29) is 0 Å². The quantitative estimate of drug-likeness (QED) is 0.610. The Morgan fingerprint density at radius 1 is 0.800 bits per heavy atom. The third-order valence-corrected chi connectivity index (χ3v) is 4.05. The molecule has 2 aromatic heterocycles. The second-order valence-corrected chi connectivity index (χ2v) is 5.45. The number of pyridine rings is 1. The smallest absolute Gasteiger partial charge is 0.162 e. The van der Waals surface area contributed by atoms with Gasteiger partial charge in [-0.25, -0.2) is 15.0 Å². The topological polar surface area (TPSA) is 69.2 Å². The monoisotopic (exact) mass is 332 g/mol. The molecule has 0 aliphatic rings. The fourth-order valence-corrected chi connectivity index (χ4v) is 2.81. The lowest BCUT2D eigenvalue weighted by Gasteiger charge is -2.12. The summed E-state index contributed by atoms with van der Waals surface area (Å²) in [7, 11) is 3.21. The highest BCUT2D eigenvalue weighted by Crippen LogP contribution is 2.34. The normalized spacial score (nSPS) is 10.8. The molecule has 6 heteroatoms. The van der Waals surface area contributed by atoms with Gasteiger partial charge in [0, 0.05) is 23.0 Å². The first-order valence-corrected chi connectivity index (χ1v) is 7.77. The molecule has 6 nitrogen and oxygen atoms in total. The van der Waals surface area contributed by atoms with Crippen LogP contribution in [0, 0.1) is 0 Å². The molecule has 1 N–H and O–H groups in total. The summed E-state index contributed by atoms with van der Waals surface area (Å²) in [6.45, 7) is 0. The zero-order valence-electron chi connectivity index (χ0n) is 13.9. The summed E-state index contributed by atoms with van der Waals surface area (Å²) in [5.41, 5.74) is 0.760. The molecule has 4 aromatic rings. The highest BCUT2D eigenvalue weighted by atomic mass is 16.5. The molecule has 0 aliphatic carbocycles. The summed E-state index contributed by atoms with van der Waals surface area (Å²) < 4.78 is 10.7. The highest BCUT2D eigenvalue weighted by molar-refractivity contribution is 5.97. The number of fused-ring (bicyclic) bond motifs is 2. The standard InChI is InChI=1S/C19H16N4O2/c1-24-16-9-14-15(10-17(16)25-2)21-11-22-19(14)23-18-13-6-4-3-5-12(13)7-8-20-18/h3-11H,1-2H3,(H,20,21,22,23). The minimum absolute atomic E-state index is 0.624. The Morgan fingerprint density at radius 2 is 1.56 bits per heavy atom. The summed E-state index contributed by atoms with van der Waals surface area (Å²) in [6, 6.07) is 13.7. The molecule has 0 atom stereocenters. The first-order valence-electron chi connectivity index (χ1n) is 7.77. The van der Waals surface area contributed by atoms with Crippen LogP contribution in [0.25, 0.3) is 21.7 Å². The van der Waals surface area contributed by atoms with Crippen LogP contribution in [0.3, 0.4) is 0 Å². The van der Waals surface area contributed by atoms with Crippen molar-refractivity contribution in [2.75, 3.05) is 19.5 Å². The predicted octanol–water partition coefficient (Wildman–Crippen LogP) is 3.94. The van der Waals surface area contributed by atoms with Gasteiger partial charge in [-0.05, 0) is 17.5 Å². The summed E-state index contributed by atoms with van der Waals surface area (Å²) >= 11 is 0. The number of aromatic nitrogens is 3. The number of hydrogen-bond donors (Lipinski definition) is 1. The van der Waals surface area contributed by atoms with E-state index in [0.29, 0.717) is 17.3 Å². The third-order valence-electron chi connectivity index (χ3n) is 4.05. The van der Waals surface area contributed by atoms with Gasteiger partial charge in [0.15, 0.2) is 11.5 Å². The minimum atomic E-state index is 0.624. The number of benzene rings is 2. The van der Waals surface area contributed by atoms with E-state index in [4.69, 9.17) is 9.47 Å².